The number of carbonyl (C=O) groups excluding carboxylic acids is 1. The van der Waals surface area contributed by atoms with Crippen LogP contribution < -0.4 is 0 Å². The summed E-state index contributed by atoms with van der Waals surface area (Å²) in [6.07, 6.45) is 3.17. The zero-order chi connectivity index (χ0) is 20.8. The molecule has 2 aromatic heterocycles. The fourth-order valence-corrected chi connectivity index (χ4v) is 5.32. The number of fused-ring (bicyclic) bond motifs is 3. The van der Waals surface area contributed by atoms with Crippen LogP contribution in [0, 0.1) is 19.1 Å². The largest absolute Gasteiger partial charge is 0.623 e. The van der Waals surface area contributed by atoms with Gasteiger partial charge >= 0.3 is 0 Å². The van der Waals surface area contributed by atoms with Gasteiger partial charge in [-0.3, -0.25) is 4.79 Å². The smallest absolute Gasteiger partial charge is 0.293 e. The average molecular weight is 422 g/mol. The van der Waals surface area contributed by atoms with Gasteiger partial charge in [0.2, 0.25) is 18.1 Å². The molecule has 0 radical (unpaired) electrons. The molecule has 8 heteroatoms. The maximum atomic E-state index is 13.3. The van der Waals surface area contributed by atoms with E-state index in [-0.39, 0.29) is 18.3 Å². The highest BCUT2D eigenvalue weighted by atomic mass is 32.1. The number of benzene rings is 1. The second-order valence-electron chi connectivity index (χ2n) is 7.83. The maximum Gasteiger partial charge on any atom is 0.293 e. The van der Waals surface area contributed by atoms with Crippen LogP contribution in [-0.2, 0) is 6.54 Å². The molecule has 4 heterocycles. The Bertz CT molecular complexity index is 1160. The van der Waals surface area contributed by atoms with E-state index >= 15 is 0 Å². The number of rotatable bonds is 2. The highest BCUT2D eigenvalue weighted by Gasteiger charge is 2.34. The zero-order valence-corrected chi connectivity index (χ0v) is 17.9. The molecule has 1 fully saturated rings. The third-order valence-corrected chi connectivity index (χ3v) is 7.07. The van der Waals surface area contributed by atoms with Crippen LogP contribution in [0.1, 0.15) is 57.3 Å². The first kappa shape index (κ1) is 19.0. The Balaban J connectivity index is 1.64. The van der Waals surface area contributed by atoms with Crippen molar-refractivity contribution in [1.82, 2.24) is 19.7 Å². The third kappa shape index (κ3) is 3.02. The van der Waals surface area contributed by atoms with Gasteiger partial charge in [-0.15, -0.1) is 16.4 Å². The summed E-state index contributed by atoms with van der Waals surface area (Å²) >= 11 is 1.58. The molecular weight excluding hydrogens is 398 g/mol. The molecule has 0 N–H and O–H groups in total. The SMILES string of the molecule is Cc1sc2c(c1C)C(c1ccccc1)=[N+]([O-])Cc1nc(C(=O)N3CCCCC3)nn1-2. The Morgan fingerprint density at radius 3 is 2.60 bits per heavy atom. The number of piperidine rings is 1. The lowest BCUT2D eigenvalue weighted by Gasteiger charge is -2.25. The van der Waals surface area contributed by atoms with Gasteiger partial charge in [-0.05, 0) is 50.8 Å². The van der Waals surface area contributed by atoms with Crippen molar-refractivity contribution in [2.24, 2.45) is 0 Å². The van der Waals surface area contributed by atoms with Gasteiger partial charge in [-0.1, -0.05) is 18.2 Å². The van der Waals surface area contributed by atoms with Crippen LogP contribution in [0.4, 0.5) is 0 Å². The minimum Gasteiger partial charge on any atom is -0.623 e. The van der Waals surface area contributed by atoms with Crippen molar-refractivity contribution in [2.45, 2.75) is 39.7 Å². The van der Waals surface area contributed by atoms with Gasteiger partial charge in [0.1, 0.15) is 5.00 Å². The Morgan fingerprint density at radius 2 is 1.87 bits per heavy atom. The molecular formula is C22H23N5O2S. The molecule has 0 atom stereocenters. The number of hydrogen-bond acceptors (Lipinski definition) is 5. The molecule has 2 aliphatic heterocycles. The van der Waals surface area contributed by atoms with Crippen molar-refractivity contribution >= 4 is 23.0 Å². The van der Waals surface area contributed by atoms with Gasteiger partial charge in [0.05, 0.1) is 5.56 Å². The number of hydrogen-bond donors (Lipinski definition) is 0. The average Bonchev–Trinajstić information content (AvgIpc) is 3.28. The predicted octanol–water partition coefficient (Wildman–Crippen LogP) is 3.43. The number of thiophene rings is 1. The number of aryl methyl sites for hydroxylation is 1. The second-order valence-corrected chi connectivity index (χ2v) is 9.03. The van der Waals surface area contributed by atoms with E-state index in [1.807, 2.05) is 49.1 Å². The summed E-state index contributed by atoms with van der Waals surface area (Å²) in [5, 5.41) is 18.7. The monoisotopic (exact) mass is 421 g/mol. The molecule has 2 aliphatic rings. The number of likely N-dealkylation sites (tertiary alicyclic amines) is 1. The fourth-order valence-electron chi connectivity index (χ4n) is 4.19. The molecule has 0 aliphatic carbocycles. The van der Waals surface area contributed by atoms with Crippen LogP contribution in [0.2, 0.25) is 0 Å². The molecule has 7 nitrogen and oxygen atoms in total. The molecule has 0 spiro atoms. The van der Waals surface area contributed by atoms with E-state index in [0.717, 1.165) is 63.7 Å². The van der Waals surface area contributed by atoms with Crippen LogP contribution in [-0.4, -0.2) is 49.1 Å². The lowest BCUT2D eigenvalue weighted by molar-refractivity contribution is -0.475. The Morgan fingerprint density at radius 1 is 1.13 bits per heavy atom. The highest BCUT2D eigenvalue weighted by Crippen LogP contribution is 2.35. The molecule has 30 heavy (non-hydrogen) atoms. The first-order chi connectivity index (χ1) is 14.5. The van der Waals surface area contributed by atoms with Gasteiger partial charge in [-0.25, -0.2) is 4.98 Å². The van der Waals surface area contributed by atoms with Crippen LogP contribution in [0.3, 0.4) is 0 Å². The van der Waals surface area contributed by atoms with E-state index in [0.29, 0.717) is 11.5 Å². The molecule has 1 aromatic carbocycles. The van der Waals surface area contributed by atoms with Crippen molar-refractivity contribution < 1.29 is 9.53 Å². The normalized spacial score (nSPS) is 16.3. The van der Waals surface area contributed by atoms with E-state index < -0.39 is 0 Å². The lowest BCUT2D eigenvalue weighted by Crippen LogP contribution is -2.36. The van der Waals surface area contributed by atoms with Gasteiger partial charge < -0.3 is 10.1 Å². The third-order valence-electron chi connectivity index (χ3n) is 5.89. The van der Waals surface area contributed by atoms with Crippen LogP contribution >= 0.6 is 11.3 Å². The molecule has 5 rings (SSSR count). The summed E-state index contributed by atoms with van der Waals surface area (Å²) in [7, 11) is 0. The number of nitrogens with zero attached hydrogens (tertiary/aromatic N) is 5. The summed E-state index contributed by atoms with van der Waals surface area (Å²) in [6, 6.07) is 9.70. The maximum absolute atomic E-state index is 13.3. The lowest BCUT2D eigenvalue weighted by atomic mass is 10.00. The van der Waals surface area contributed by atoms with Crippen LogP contribution in [0.25, 0.3) is 5.00 Å². The van der Waals surface area contributed by atoms with Crippen molar-refractivity contribution in [2.75, 3.05) is 13.1 Å². The zero-order valence-electron chi connectivity index (χ0n) is 17.1. The Kier molecular flexibility index (Phi) is 4.66. The minimum absolute atomic E-state index is 0.0460. The summed E-state index contributed by atoms with van der Waals surface area (Å²) in [5.74, 6) is 0.531. The van der Waals surface area contributed by atoms with E-state index in [1.165, 1.54) is 0 Å². The fraction of sp³-hybridized carbons (Fsp3) is 0.364. The first-order valence-corrected chi connectivity index (χ1v) is 11.1. The van der Waals surface area contributed by atoms with E-state index in [1.54, 1.807) is 16.0 Å². The minimum atomic E-state index is -0.147. The quantitative estimate of drug-likeness (QED) is 0.469. The summed E-state index contributed by atoms with van der Waals surface area (Å²) in [4.78, 5) is 20.4. The standard InChI is InChI=1S/C22H23N5O2S/c1-14-15(2)30-22-18(14)19(16-9-5-3-6-10-16)26(29)13-17-23-20(24-27(17)22)21(28)25-11-7-4-8-12-25/h3,5-6,9-10H,4,7-8,11-13H2,1-2H3. The number of carbonyl (C=O) groups is 1. The molecule has 0 unspecified atom stereocenters. The molecule has 1 amide bonds. The molecule has 0 bridgehead atoms. The molecule has 154 valence electrons. The van der Waals surface area contributed by atoms with Gasteiger partial charge in [0, 0.05) is 23.5 Å². The van der Waals surface area contributed by atoms with Gasteiger partial charge in [-0.2, -0.15) is 9.42 Å². The summed E-state index contributed by atoms with van der Waals surface area (Å²) in [5.41, 5.74) is 3.43. The van der Waals surface area contributed by atoms with Crippen molar-refractivity contribution in [3.63, 3.8) is 0 Å². The number of hydroxylamine groups is 1. The molecule has 3 aromatic rings. The number of amides is 1. The van der Waals surface area contributed by atoms with Crippen molar-refractivity contribution in [1.29, 1.82) is 0 Å². The van der Waals surface area contributed by atoms with Gasteiger partial charge in [0.25, 0.3) is 5.91 Å². The molecule has 0 saturated carbocycles. The topological polar surface area (TPSA) is 77.1 Å². The Hall–Kier alpha value is -3.00. The van der Waals surface area contributed by atoms with E-state index in [2.05, 4.69) is 10.1 Å². The first-order valence-electron chi connectivity index (χ1n) is 10.3. The Labute approximate surface area is 178 Å². The van der Waals surface area contributed by atoms with E-state index in [4.69, 9.17) is 0 Å². The number of aromatic nitrogens is 3. The summed E-state index contributed by atoms with van der Waals surface area (Å²) < 4.78 is 2.69. The van der Waals surface area contributed by atoms with Crippen LogP contribution in [0.15, 0.2) is 30.3 Å². The van der Waals surface area contributed by atoms with Crippen molar-refractivity contribution in [3.05, 3.63) is 68.8 Å². The van der Waals surface area contributed by atoms with E-state index in [9.17, 15) is 10.0 Å². The van der Waals surface area contributed by atoms with Gasteiger partial charge in [0.15, 0.2) is 5.82 Å². The second kappa shape index (κ2) is 7.36. The highest BCUT2D eigenvalue weighted by molar-refractivity contribution is 7.15. The van der Waals surface area contributed by atoms with Crippen LogP contribution in [0.5, 0.6) is 0 Å². The molecule has 1 saturated heterocycles. The summed E-state index contributed by atoms with van der Waals surface area (Å²) in [6.45, 7) is 5.60. The van der Waals surface area contributed by atoms with Crippen molar-refractivity contribution in [3.8, 4) is 5.00 Å². The predicted molar refractivity (Wildman–Crippen MR) is 115 cm³/mol.